The molecule has 0 fully saturated rings. The van der Waals surface area contributed by atoms with Crippen LogP contribution in [0.1, 0.15) is 5.46 Å². The van der Waals surface area contributed by atoms with Gasteiger partial charge < -0.3 is 24.8 Å². The second kappa shape index (κ2) is 14.2. The predicted molar refractivity (Wildman–Crippen MR) is 54.6 cm³/mol. The van der Waals surface area contributed by atoms with E-state index in [1.54, 1.807) is 0 Å². The number of aryl methyl sites for hydroxylation is 1. The Morgan fingerprint density at radius 1 is 1.00 bits per heavy atom. The maximum atomic E-state index is 2.08. The van der Waals surface area contributed by atoms with Crippen molar-refractivity contribution in [3.63, 3.8) is 0 Å². The zero-order valence-corrected chi connectivity index (χ0v) is 12.5. The van der Waals surface area contributed by atoms with Crippen LogP contribution in [0.25, 0.3) is 0 Å². The van der Waals surface area contributed by atoms with Crippen LogP contribution in [0.2, 0.25) is 0 Å². The van der Waals surface area contributed by atoms with E-state index >= 15 is 0 Å². The van der Waals surface area contributed by atoms with Crippen molar-refractivity contribution in [2.24, 2.45) is 0 Å². The van der Waals surface area contributed by atoms with Crippen LogP contribution in [0.4, 0.5) is 0 Å². The Kier molecular flexibility index (Phi) is 19.6. The van der Waals surface area contributed by atoms with Crippen molar-refractivity contribution in [3.8, 4) is 0 Å². The van der Waals surface area contributed by atoms with E-state index < -0.39 is 0 Å². The minimum atomic E-state index is 0. The van der Waals surface area contributed by atoms with Crippen molar-refractivity contribution in [3.05, 3.63) is 60.0 Å². The van der Waals surface area contributed by atoms with Crippen LogP contribution in [-0.4, -0.2) is 6.91 Å². The molecular weight excluding hydrogens is 305 g/mol. The zero-order valence-electron chi connectivity index (χ0n) is 8.53. The van der Waals surface area contributed by atoms with Gasteiger partial charge in [0, 0.05) is 0 Å². The summed E-state index contributed by atoms with van der Waals surface area (Å²) in [6.07, 6.45) is 0. The number of halogens is 2. The Balaban J connectivity index is -0.000000165. The molecule has 4 heteroatoms. The topological polar surface area (TPSA) is 0 Å². The molecule has 1 aromatic heterocycles. The van der Waals surface area contributed by atoms with E-state index in [1.807, 2.05) is 48.4 Å². The molecule has 0 amide bonds. The molecule has 0 bridgehead atoms. The van der Waals surface area contributed by atoms with Crippen molar-refractivity contribution < 1.29 is 51.0 Å². The van der Waals surface area contributed by atoms with E-state index in [2.05, 4.69) is 19.9 Å². The Morgan fingerprint density at radius 2 is 1.60 bits per heavy atom. The fourth-order valence-corrected chi connectivity index (χ4v) is 0.855. The number of hydrogen-bond acceptors (Lipinski definition) is 0. The minimum absolute atomic E-state index is 0. The van der Waals surface area contributed by atoms with Gasteiger partial charge >= 0.3 is 69.7 Å². The molecule has 2 rings (SSSR count). The fraction of sp³-hybridized carbons (Fsp3) is 0.0909. The van der Waals surface area contributed by atoms with Crippen molar-refractivity contribution in [2.45, 2.75) is 6.92 Å². The normalized spacial score (nSPS) is 6.47. The standard InChI is InChI=1S/C6H7B.C5H5.2ClH.Zr/c1-6-4-2-3-5-7-6;1-2-4-5-3-1;;;/h2-5H,1H3;1-5H;2*1H;/q;-1;;;+3/p-2. The molecule has 0 aliphatic rings. The van der Waals surface area contributed by atoms with Crippen LogP contribution in [0, 0.1) is 6.92 Å². The summed E-state index contributed by atoms with van der Waals surface area (Å²) in [5.41, 5.74) is 1.32. The third kappa shape index (κ3) is 12.2. The first-order valence-corrected chi connectivity index (χ1v) is 4.08. The van der Waals surface area contributed by atoms with Crippen LogP contribution >= 0.6 is 0 Å². The molecule has 15 heavy (non-hydrogen) atoms. The summed E-state index contributed by atoms with van der Waals surface area (Å²) in [5.74, 6) is 2.04. The maximum Gasteiger partial charge on any atom is 3.00 e. The van der Waals surface area contributed by atoms with E-state index in [0.717, 1.165) is 0 Å². The molecule has 0 nitrogen and oxygen atoms in total. The van der Waals surface area contributed by atoms with Crippen LogP contribution < -0.4 is 24.8 Å². The second-order valence-corrected chi connectivity index (χ2v) is 2.62. The number of rotatable bonds is 0. The molecule has 0 unspecified atom stereocenters. The Morgan fingerprint density at radius 3 is 1.80 bits per heavy atom. The fourth-order valence-electron chi connectivity index (χ4n) is 0.855. The summed E-state index contributed by atoms with van der Waals surface area (Å²) in [5, 5.41) is 0. The van der Waals surface area contributed by atoms with Crippen LogP contribution in [0.3, 0.4) is 0 Å². The third-order valence-corrected chi connectivity index (χ3v) is 1.50. The minimum Gasteiger partial charge on any atom is -1.00 e. The second-order valence-electron chi connectivity index (χ2n) is 2.62. The zero-order chi connectivity index (χ0) is 8.65. The number of hydrogen-bond donors (Lipinski definition) is 0. The Bertz CT molecular complexity index is 267. The van der Waals surface area contributed by atoms with Gasteiger partial charge in [-0.2, -0.15) is 18.2 Å². The van der Waals surface area contributed by atoms with Crippen LogP contribution in [-0.2, 0) is 26.2 Å². The van der Waals surface area contributed by atoms with Gasteiger partial charge in [0.2, 0.25) is 0 Å². The molecule has 0 saturated carbocycles. The van der Waals surface area contributed by atoms with Gasteiger partial charge in [-0.1, -0.05) is 0 Å². The van der Waals surface area contributed by atoms with Crippen LogP contribution in [0.15, 0.2) is 54.5 Å². The SMILES string of the molecule is Cc1bcccc1.[Cl-].[Cl-].[Zr+3].c1cc[cH-]c1. The average molecular weight is 317 g/mol. The average Bonchev–Trinajstić information content (AvgIpc) is 2.62. The Hall–Kier alpha value is 0.228. The van der Waals surface area contributed by atoms with E-state index in [1.165, 1.54) is 5.46 Å². The van der Waals surface area contributed by atoms with Crippen molar-refractivity contribution in [2.75, 3.05) is 0 Å². The quantitative estimate of drug-likeness (QED) is 0.448. The summed E-state index contributed by atoms with van der Waals surface area (Å²) in [4.78, 5) is 0. The van der Waals surface area contributed by atoms with Crippen molar-refractivity contribution in [1.29, 1.82) is 0 Å². The summed E-state index contributed by atoms with van der Waals surface area (Å²) in [7, 11) is 0. The van der Waals surface area contributed by atoms with Gasteiger partial charge in [0.15, 0.2) is 0 Å². The molecule has 77 valence electrons. The molecule has 0 aliphatic heterocycles. The Labute approximate surface area is 124 Å². The third-order valence-electron chi connectivity index (χ3n) is 1.50. The van der Waals surface area contributed by atoms with E-state index in [0.29, 0.717) is 0 Å². The first-order valence-electron chi connectivity index (χ1n) is 4.08. The molecular formula is C11H12BCl2Zr. The van der Waals surface area contributed by atoms with Crippen molar-refractivity contribution in [1.82, 2.24) is 0 Å². The van der Waals surface area contributed by atoms with Gasteiger partial charge in [0.25, 0.3) is 0 Å². The summed E-state index contributed by atoms with van der Waals surface area (Å²) < 4.78 is 0. The molecule has 0 saturated heterocycles. The smallest absolute Gasteiger partial charge is 1.00 e. The molecule has 0 spiro atoms. The van der Waals surface area contributed by atoms with Gasteiger partial charge in [-0.05, 0) is 0 Å². The first-order chi connectivity index (χ1) is 5.89. The molecule has 2 aromatic rings. The molecule has 1 radical (unpaired) electrons. The molecule has 0 aliphatic carbocycles. The summed E-state index contributed by atoms with van der Waals surface area (Å²) in [6.45, 7) is 4.17. The predicted octanol–water partition coefficient (Wildman–Crippen LogP) is -3.26. The van der Waals surface area contributed by atoms with Gasteiger partial charge in [-0.3, -0.25) is 0 Å². The van der Waals surface area contributed by atoms with Gasteiger partial charge in [0.05, 0.1) is 0 Å². The summed E-state index contributed by atoms with van der Waals surface area (Å²) >= 11 is 0. The largest absolute Gasteiger partial charge is 3.00 e. The van der Waals surface area contributed by atoms with Crippen LogP contribution in [0.5, 0.6) is 0 Å². The maximum absolute atomic E-state index is 2.08. The molecule has 0 atom stereocenters. The van der Waals surface area contributed by atoms with E-state index in [-0.39, 0.29) is 51.0 Å². The van der Waals surface area contributed by atoms with E-state index in [9.17, 15) is 0 Å². The molecule has 1 heterocycles. The van der Waals surface area contributed by atoms with Gasteiger partial charge in [-0.15, -0.1) is 0 Å². The van der Waals surface area contributed by atoms with E-state index in [4.69, 9.17) is 0 Å². The summed E-state index contributed by atoms with van der Waals surface area (Å²) in [6, 6.07) is 16.1. The molecule has 1 aromatic carbocycles. The first kappa shape index (κ1) is 20.6. The van der Waals surface area contributed by atoms with Gasteiger partial charge in [-0.25, -0.2) is 12.1 Å². The monoisotopic (exact) mass is 315 g/mol. The van der Waals surface area contributed by atoms with Crippen molar-refractivity contribution >= 4 is 6.91 Å². The van der Waals surface area contributed by atoms with Gasteiger partial charge in [0.1, 0.15) is 0 Å². The molecule has 0 N–H and O–H groups in total.